The predicted molar refractivity (Wildman–Crippen MR) is 69.7 cm³/mol. The van der Waals surface area contributed by atoms with Gasteiger partial charge in [-0.25, -0.2) is 0 Å². The molecule has 1 amide bonds. The van der Waals surface area contributed by atoms with Crippen LogP contribution in [-0.2, 0) is 14.3 Å². The number of hydrogen-bond acceptors (Lipinski definition) is 3. The minimum absolute atomic E-state index is 0.0245. The lowest BCUT2D eigenvalue weighted by Gasteiger charge is -2.25. The van der Waals surface area contributed by atoms with E-state index in [4.69, 9.17) is 4.74 Å². The first kappa shape index (κ1) is 14.3. The van der Waals surface area contributed by atoms with Gasteiger partial charge >= 0.3 is 5.97 Å². The maximum absolute atomic E-state index is 12.3. The molecule has 1 N–H and O–H groups in total. The van der Waals surface area contributed by atoms with Crippen LogP contribution < -0.4 is 0 Å². The number of hydrogen-bond donors (Lipinski definition) is 1. The number of nitrogens with zero attached hydrogens (tertiary/aromatic N) is 1. The molecule has 5 heteroatoms. The average Bonchev–Trinajstić information content (AvgIpc) is 2.96. The molecule has 0 spiro atoms. The number of ether oxygens (including phenoxy) is 1. The fraction of sp³-hybridized carbons (Fsp3) is 0.857. The number of likely N-dealkylation sites (tertiary alicyclic amines) is 1. The zero-order valence-electron chi connectivity index (χ0n) is 11.7. The molecule has 3 atom stereocenters. The van der Waals surface area contributed by atoms with Crippen molar-refractivity contribution in [1.82, 2.24) is 4.90 Å². The maximum Gasteiger partial charge on any atom is 0.311 e. The van der Waals surface area contributed by atoms with Crippen molar-refractivity contribution in [2.45, 2.75) is 58.2 Å². The lowest BCUT2D eigenvalue weighted by Crippen LogP contribution is -2.41. The summed E-state index contributed by atoms with van der Waals surface area (Å²) >= 11 is 0. The van der Waals surface area contributed by atoms with Gasteiger partial charge in [-0.15, -0.1) is 0 Å². The molecule has 2 fully saturated rings. The van der Waals surface area contributed by atoms with Gasteiger partial charge in [0, 0.05) is 13.1 Å². The number of carboxylic acids is 1. The summed E-state index contributed by atoms with van der Waals surface area (Å²) in [4.78, 5) is 25.5. The van der Waals surface area contributed by atoms with Gasteiger partial charge in [-0.3, -0.25) is 9.59 Å². The normalized spacial score (nSPS) is 34.7. The Morgan fingerprint density at radius 1 is 1.42 bits per heavy atom. The monoisotopic (exact) mass is 269 g/mol. The molecule has 0 aromatic rings. The Bertz CT molecular complexity index is 370. The number of carbonyl (C=O) groups is 2. The van der Waals surface area contributed by atoms with Crippen LogP contribution in [0.5, 0.6) is 0 Å². The third-order valence-electron chi connectivity index (χ3n) is 4.36. The fourth-order valence-electron chi connectivity index (χ4n) is 3.21. The van der Waals surface area contributed by atoms with Crippen LogP contribution in [0.2, 0.25) is 0 Å². The molecule has 2 rings (SSSR count). The first-order chi connectivity index (χ1) is 8.98. The van der Waals surface area contributed by atoms with E-state index in [0.29, 0.717) is 25.9 Å². The highest BCUT2D eigenvalue weighted by molar-refractivity contribution is 5.83. The van der Waals surface area contributed by atoms with Crippen LogP contribution >= 0.6 is 0 Å². The minimum atomic E-state index is -0.773. The first-order valence-corrected chi connectivity index (χ1v) is 7.16. The van der Waals surface area contributed by atoms with E-state index in [1.54, 1.807) is 4.90 Å². The molecule has 5 nitrogen and oxygen atoms in total. The summed E-state index contributed by atoms with van der Waals surface area (Å²) in [5.41, 5.74) is -0.741. The van der Waals surface area contributed by atoms with Crippen molar-refractivity contribution < 1.29 is 19.4 Å². The summed E-state index contributed by atoms with van der Waals surface area (Å²) < 4.78 is 5.59. The highest BCUT2D eigenvalue weighted by Gasteiger charge is 2.47. The highest BCUT2D eigenvalue weighted by atomic mass is 16.5. The molecule has 2 heterocycles. The summed E-state index contributed by atoms with van der Waals surface area (Å²) in [6.45, 7) is 4.83. The lowest BCUT2D eigenvalue weighted by atomic mass is 9.83. The largest absolute Gasteiger partial charge is 0.481 e. The Morgan fingerprint density at radius 2 is 2.16 bits per heavy atom. The van der Waals surface area contributed by atoms with Crippen molar-refractivity contribution in [3.05, 3.63) is 0 Å². The topological polar surface area (TPSA) is 66.8 Å². The van der Waals surface area contributed by atoms with E-state index >= 15 is 0 Å². The van der Waals surface area contributed by atoms with E-state index in [0.717, 1.165) is 19.3 Å². The Balaban J connectivity index is 2.00. The van der Waals surface area contributed by atoms with Gasteiger partial charge in [0.25, 0.3) is 5.91 Å². The van der Waals surface area contributed by atoms with Gasteiger partial charge in [-0.1, -0.05) is 13.3 Å². The molecular weight excluding hydrogens is 246 g/mol. The smallest absolute Gasteiger partial charge is 0.311 e. The first-order valence-electron chi connectivity index (χ1n) is 7.16. The molecule has 0 radical (unpaired) electrons. The van der Waals surface area contributed by atoms with Crippen LogP contribution in [0.3, 0.4) is 0 Å². The standard InChI is InChI=1S/C14H23NO4/c1-3-6-14(13(17)18)7-8-15(9-14)12(16)11-5-4-10(2)19-11/h10-11H,3-9H2,1-2H3,(H,17,18). The molecule has 3 unspecified atom stereocenters. The van der Waals surface area contributed by atoms with Crippen molar-refractivity contribution in [1.29, 1.82) is 0 Å². The zero-order valence-corrected chi connectivity index (χ0v) is 11.7. The number of rotatable bonds is 4. The van der Waals surface area contributed by atoms with Gasteiger partial charge in [0.05, 0.1) is 11.5 Å². The second-order valence-electron chi connectivity index (χ2n) is 5.86. The zero-order chi connectivity index (χ0) is 14.0. The second kappa shape index (κ2) is 5.49. The minimum Gasteiger partial charge on any atom is -0.481 e. The number of carboxylic acid groups (broad SMARTS) is 1. The van der Waals surface area contributed by atoms with Crippen LogP contribution in [0.15, 0.2) is 0 Å². The van der Waals surface area contributed by atoms with Crippen molar-refractivity contribution in [2.75, 3.05) is 13.1 Å². The third kappa shape index (κ3) is 2.76. The van der Waals surface area contributed by atoms with Crippen molar-refractivity contribution in [2.24, 2.45) is 5.41 Å². The Hall–Kier alpha value is -1.10. The third-order valence-corrected chi connectivity index (χ3v) is 4.36. The molecule has 2 aliphatic heterocycles. The van der Waals surface area contributed by atoms with Crippen LogP contribution in [0.25, 0.3) is 0 Å². The van der Waals surface area contributed by atoms with Gasteiger partial charge in [-0.2, -0.15) is 0 Å². The Morgan fingerprint density at radius 3 is 2.68 bits per heavy atom. The molecule has 2 aliphatic rings. The summed E-state index contributed by atoms with van der Waals surface area (Å²) in [5, 5.41) is 9.43. The lowest BCUT2D eigenvalue weighted by molar-refractivity contribution is -0.150. The van der Waals surface area contributed by atoms with Crippen molar-refractivity contribution in [3.63, 3.8) is 0 Å². The van der Waals surface area contributed by atoms with Gasteiger partial charge in [0.1, 0.15) is 6.10 Å². The molecule has 108 valence electrons. The number of amides is 1. The maximum atomic E-state index is 12.3. The second-order valence-corrected chi connectivity index (χ2v) is 5.86. The molecule has 19 heavy (non-hydrogen) atoms. The van der Waals surface area contributed by atoms with Crippen molar-refractivity contribution >= 4 is 11.9 Å². The van der Waals surface area contributed by atoms with E-state index in [-0.39, 0.29) is 18.1 Å². The summed E-state index contributed by atoms with van der Waals surface area (Å²) in [6, 6.07) is 0. The molecular formula is C14H23NO4. The summed E-state index contributed by atoms with van der Waals surface area (Å²) in [7, 11) is 0. The molecule has 0 aromatic carbocycles. The molecule has 2 saturated heterocycles. The number of aliphatic carboxylic acids is 1. The number of carbonyl (C=O) groups excluding carboxylic acids is 1. The molecule has 0 saturated carbocycles. The quantitative estimate of drug-likeness (QED) is 0.843. The van der Waals surface area contributed by atoms with Gasteiger partial charge in [-0.05, 0) is 32.6 Å². The van der Waals surface area contributed by atoms with E-state index in [2.05, 4.69) is 0 Å². The Labute approximate surface area is 113 Å². The van der Waals surface area contributed by atoms with Crippen LogP contribution in [0.1, 0.15) is 46.0 Å². The van der Waals surface area contributed by atoms with E-state index in [1.807, 2.05) is 13.8 Å². The average molecular weight is 269 g/mol. The van der Waals surface area contributed by atoms with Gasteiger partial charge in [0.15, 0.2) is 0 Å². The predicted octanol–water partition coefficient (Wildman–Crippen LogP) is 1.66. The fourth-order valence-corrected chi connectivity index (χ4v) is 3.21. The summed E-state index contributed by atoms with van der Waals surface area (Å²) in [6.07, 6.45) is 3.45. The van der Waals surface area contributed by atoms with E-state index in [9.17, 15) is 14.7 Å². The van der Waals surface area contributed by atoms with E-state index in [1.165, 1.54) is 0 Å². The van der Waals surface area contributed by atoms with E-state index < -0.39 is 11.4 Å². The highest BCUT2D eigenvalue weighted by Crippen LogP contribution is 2.36. The van der Waals surface area contributed by atoms with Crippen LogP contribution in [0.4, 0.5) is 0 Å². The molecule has 0 bridgehead atoms. The van der Waals surface area contributed by atoms with Crippen LogP contribution in [0, 0.1) is 5.41 Å². The Kier molecular flexibility index (Phi) is 4.13. The van der Waals surface area contributed by atoms with Crippen LogP contribution in [-0.4, -0.2) is 47.2 Å². The molecule has 0 aromatic heterocycles. The SMILES string of the molecule is CCCC1(C(=O)O)CCN(C(=O)C2CCC(C)O2)C1. The molecule has 0 aliphatic carbocycles. The van der Waals surface area contributed by atoms with Gasteiger partial charge < -0.3 is 14.7 Å². The van der Waals surface area contributed by atoms with Gasteiger partial charge in [0.2, 0.25) is 0 Å². The van der Waals surface area contributed by atoms with Crippen molar-refractivity contribution in [3.8, 4) is 0 Å². The summed E-state index contributed by atoms with van der Waals surface area (Å²) in [5.74, 6) is -0.797.